The first-order valence-electron chi connectivity index (χ1n) is 6.68. The quantitative estimate of drug-likeness (QED) is 0.791. The van der Waals surface area contributed by atoms with Crippen LogP contribution in [0.15, 0.2) is 30.3 Å². The molecule has 0 amide bonds. The molecule has 94 valence electrons. The van der Waals surface area contributed by atoms with Crippen LogP contribution in [0.5, 0.6) is 0 Å². The third kappa shape index (κ3) is 2.62. The number of hydrogen-bond acceptors (Lipinski definition) is 3. The van der Waals surface area contributed by atoms with Gasteiger partial charge in [0.25, 0.3) is 0 Å². The number of para-hydroxylation sites is 1. The zero-order valence-corrected chi connectivity index (χ0v) is 10.5. The van der Waals surface area contributed by atoms with Crippen LogP contribution >= 0.6 is 0 Å². The molecule has 1 aliphatic rings. The molecule has 2 aromatic rings. The van der Waals surface area contributed by atoms with E-state index in [1.807, 2.05) is 30.3 Å². The second-order valence-corrected chi connectivity index (χ2v) is 5.13. The second-order valence-electron chi connectivity index (χ2n) is 5.13. The summed E-state index contributed by atoms with van der Waals surface area (Å²) in [5, 5.41) is 4.49. The van der Waals surface area contributed by atoms with E-state index in [2.05, 4.69) is 10.3 Å². The van der Waals surface area contributed by atoms with Gasteiger partial charge >= 0.3 is 0 Å². The first-order valence-corrected chi connectivity index (χ1v) is 6.68. The van der Waals surface area contributed by atoms with Gasteiger partial charge < -0.3 is 11.1 Å². The van der Waals surface area contributed by atoms with E-state index in [1.165, 1.54) is 19.3 Å². The number of nitrogens with one attached hydrogen (secondary N) is 1. The van der Waals surface area contributed by atoms with Gasteiger partial charge in [-0.05, 0) is 31.0 Å². The fourth-order valence-electron chi connectivity index (χ4n) is 2.28. The van der Waals surface area contributed by atoms with Gasteiger partial charge in [-0.3, -0.25) is 4.98 Å². The number of anilines is 1. The van der Waals surface area contributed by atoms with Crippen molar-refractivity contribution in [1.29, 1.82) is 0 Å². The van der Waals surface area contributed by atoms with Crippen LogP contribution in [0.3, 0.4) is 0 Å². The number of aromatic nitrogens is 1. The lowest BCUT2D eigenvalue weighted by Crippen LogP contribution is -2.16. The summed E-state index contributed by atoms with van der Waals surface area (Å²) >= 11 is 0. The van der Waals surface area contributed by atoms with Crippen LogP contribution in [-0.2, 0) is 6.54 Å². The van der Waals surface area contributed by atoms with Crippen molar-refractivity contribution in [2.24, 2.45) is 5.92 Å². The zero-order chi connectivity index (χ0) is 12.4. The van der Waals surface area contributed by atoms with E-state index in [9.17, 15) is 0 Å². The number of nitrogens with zero attached hydrogens (tertiary/aromatic N) is 1. The van der Waals surface area contributed by atoms with Crippen molar-refractivity contribution in [3.8, 4) is 0 Å². The Hall–Kier alpha value is -1.61. The number of rotatable bonds is 5. The molecule has 0 radical (unpaired) electrons. The SMILES string of the molecule is Nc1cc(CNCCC2CC2)nc2ccccc12. The predicted octanol–water partition coefficient (Wildman–Crippen LogP) is 2.71. The number of pyridine rings is 1. The average Bonchev–Trinajstić information content (AvgIpc) is 3.19. The number of nitrogens with two attached hydrogens (primary N) is 1. The summed E-state index contributed by atoms with van der Waals surface area (Å²) < 4.78 is 0. The highest BCUT2D eigenvalue weighted by molar-refractivity contribution is 5.90. The van der Waals surface area contributed by atoms with Crippen molar-refractivity contribution in [1.82, 2.24) is 10.3 Å². The van der Waals surface area contributed by atoms with Gasteiger partial charge in [0.15, 0.2) is 0 Å². The summed E-state index contributed by atoms with van der Waals surface area (Å²) in [5.41, 5.74) is 8.88. The largest absolute Gasteiger partial charge is 0.398 e. The van der Waals surface area contributed by atoms with Crippen LogP contribution in [0.25, 0.3) is 10.9 Å². The number of benzene rings is 1. The summed E-state index contributed by atoms with van der Waals surface area (Å²) in [5.74, 6) is 0.979. The summed E-state index contributed by atoms with van der Waals surface area (Å²) in [6.07, 6.45) is 4.13. The molecule has 0 spiro atoms. The molecule has 3 nitrogen and oxygen atoms in total. The lowest BCUT2D eigenvalue weighted by molar-refractivity contribution is 0.608. The second kappa shape index (κ2) is 4.94. The molecule has 0 aliphatic heterocycles. The standard InChI is InChI=1S/C15H19N3/c16-14-9-12(10-17-8-7-11-5-6-11)18-15-4-2-1-3-13(14)15/h1-4,9,11,17H,5-8,10H2,(H2,16,18). The monoisotopic (exact) mass is 241 g/mol. The lowest BCUT2D eigenvalue weighted by Gasteiger charge is -2.07. The first kappa shape index (κ1) is 11.5. The van der Waals surface area contributed by atoms with Crippen molar-refractivity contribution in [3.63, 3.8) is 0 Å². The van der Waals surface area contributed by atoms with E-state index < -0.39 is 0 Å². The predicted molar refractivity (Wildman–Crippen MR) is 75.2 cm³/mol. The maximum atomic E-state index is 6.05. The molecule has 0 atom stereocenters. The number of fused-ring (bicyclic) bond motifs is 1. The molecular weight excluding hydrogens is 222 g/mol. The van der Waals surface area contributed by atoms with Crippen LogP contribution in [0.2, 0.25) is 0 Å². The third-order valence-corrected chi connectivity index (χ3v) is 3.53. The lowest BCUT2D eigenvalue weighted by atomic mass is 10.1. The van der Waals surface area contributed by atoms with E-state index >= 15 is 0 Å². The fraction of sp³-hybridized carbons (Fsp3) is 0.400. The van der Waals surface area contributed by atoms with Gasteiger partial charge in [0.05, 0.1) is 11.2 Å². The van der Waals surface area contributed by atoms with E-state index in [0.717, 1.165) is 41.3 Å². The summed E-state index contributed by atoms with van der Waals surface area (Å²) in [6.45, 7) is 1.89. The molecule has 1 aromatic heterocycles. The smallest absolute Gasteiger partial charge is 0.0726 e. The number of nitrogen functional groups attached to an aromatic ring is 1. The highest BCUT2D eigenvalue weighted by Gasteiger charge is 2.19. The molecule has 18 heavy (non-hydrogen) atoms. The average molecular weight is 241 g/mol. The van der Waals surface area contributed by atoms with Crippen LogP contribution in [0.1, 0.15) is 25.0 Å². The Morgan fingerprint density at radius 1 is 1.28 bits per heavy atom. The molecule has 3 rings (SSSR count). The third-order valence-electron chi connectivity index (χ3n) is 3.53. The zero-order valence-electron chi connectivity index (χ0n) is 10.5. The van der Waals surface area contributed by atoms with Crippen molar-refractivity contribution in [2.75, 3.05) is 12.3 Å². The van der Waals surface area contributed by atoms with E-state index in [1.54, 1.807) is 0 Å². The number of hydrogen-bond donors (Lipinski definition) is 2. The first-order chi connectivity index (χ1) is 8.83. The summed E-state index contributed by atoms with van der Waals surface area (Å²) in [6, 6.07) is 10.0. The molecule has 3 N–H and O–H groups in total. The van der Waals surface area contributed by atoms with E-state index in [-0.39, 0.29) is 0 Å². The minimum atomic E-state index is 0.807. The molecule has 1 fully saturated rings. The molecule has 3 heteroatoms. The molecule has 0 bridgehead atoms. The van der Waals surface area contributed by atoms with Crippen LogP contribution < -0.4 is 11.1 Å². The Bertz CT molecular complexity index is 546. The Balaban J connectivity index is 1.67. The molecule has 1 saturated carbocycles. The Morgan fingerprint density at radius 2 is 2.11 bits per heavy atom. The normalized spacial score (nSPS) is 15.1. The van der Waals surface area contributed by atoms with E-state index in [4.69, 9.17) is 5.73 Å². The van der Waals surface area contributed by atoms with Crippen LogP contribution in [0.4, 0.5) is 5.69 Å². The minimum absolute atomic E-state index is 0.807. The molecular formula is C15H19N3. The summed E-state index contributed by atoms with van der Waals surface area (Å²) in [7, 11) is 0. The topological polar surface area (TPSA) is 50.9 Å². The molecule has 1 heterocycles. The van der Waals surface area contributed by atoms with Gasteiger partial charge in [-0.2, -0.15) is 0 Å². The van der Waals surface area contributed by atoms with Gasteiger partial charge in [-0.1, -0.05) is 31.0 Å². The van der Waals surface area contributed by atoms with Gasteiger partial charge in [0.1, 0.15) is 0 Å². The highest BCUT2D eigenvalue weighted by Crippen LogP contribution is 2.31. The van der Waals surface area contributed by atoms with Gasteiger partial charge in [-0.25, -0.2) is 0 Å². The highest BCUT2D eigenvalue weighted by atomic mass is 14.9. The van der Waals surface area contributed by atoms with E-state index in [0.29, 0.717) is 0 Å². The molecule has 1 aromatic carbocycles. The maximum Gasteiger partial charge on any atom is 0.0726 e. The van der Waals surface area contributed by atoms with Gasteiger partial charge in [0, 0.05) is 17.6 Å². The Labute approximate surface area is 107 Å². The molecule has 1 aliphatic carbocycles. The Kier molecular flexibility index (Phi) is 3.15. The Morgan fingerprint density at radius 3 is 2.94 bits per heavy atom. The molecule has 0 unspecified atom stereocenters. The van der Waals surface area contributed by atoms with Crippen LogP contribution in [-0.4, -0.2) is 11.5 Å². The molecule has 0 saturated heterocycles. The van der Waals surface area contributed by atoms with Crippen molar-refractivity contribution >= 4 is 16.6 Å². The fourth-order valence-corrected chi connectivity index (χ4v) is 2.28. The maximum absolute atomic E-state index is 6.05. The summed E-state index contributed by atoms with van der Waals surface area (Å²) in [4.78, 5) is 4.63. The van der Waals surface area contributed by atoms with Crippen molar-refractivity contribution < 1.29 is 0 Å². The van der Waals surface area contributed by atoms with Crippen LogP contribution in [0, 0.1) is 5.92 Å². The van der Waals surface area contributed by atoms with Gasteiger partial charge in [0.2, 0.25) is 0 Å². The van der Waals surface area contributed by atoms with Crippen molar-refractivity contribution in [3.05, 3.63) is 36.0 Å². The van der Waals surface area contributed by atoms with Crippen molar-refractivity contribution in [2.45, 2.75) is 25.8 Å². The van der Waals surface area contributed by atoms with Gasteiger partial charge in [-0.15, -0.1) is 0 Å². The minimum Gasteiger partial charge on any atom is -0.398 e.